The van der Waals surface area contributed by atoms with E-state index in [1.54, 1.807) is 18.3 Å². The van der Waals surface area contributed by atoms with E-state index >= 15 is 0 Å². The fraction of sp³-hybridized carbons (Fsp3) is 0.304. The van der Waals surface area contributed by atoms with Crippen LogP contribution in [0.5, 0.6) is 0 Å². The Morgan fingerprint density at radius 3 is 2.36 bits per heavy atom. The Hall–Kier alpha value is -3.40. The molecule has 2 heterocycles. The van der Waals surface area contributed by atoms with Crippen molar-refractivity contribution in [1.29, 1.82) is 0 Å². The van der Waals surface area contributed by atoms with E-state index in [2.05, 4.69) is 23.2 Å². The zero-order valence-corrected chi connectivity index (χ0v) is 17.5. The highest BCUT2D eigenvalue weighted by molar-refractivity contribution is 6.06. The SMILES string of the molecule is NCc1cccc(C2CCN(C(=O)c3c[nH]c4c(F)cccc34)CC2)c1.O=C(O)C(F)(F)F. The molecule has 33 heavy (non-hydrogen) atoms. The van der Waals surface area contributed by atoms with Crippen molar-refractivity contribution >= 4 is 22.8 Å². The normalized spacial score (nSPS) is 14.6. The van der Waals surface area contributed by atoms with Crippen LogP contribution in [0.15, 0.2) is 48.7 Å². The Balaban J connectivity index is 0.000000383. The second-order valence-corrected chi connectivity index (χ2v) is 7.68. The maximum atomic E-state index is 13.8. The Labute approximate surface area is 187 Å². The predicted octanol–water partition coefficient (Wildman–Crippen LogP) is 4.42. The summed E-state index contributed by atoms with van der Waals surface area (Å²) in [5.74, 6) is -2.67. The van der Waals surface area contributed by atoms with Gasteiger partial charge >= 0.3 is 12.1 Å². The van der Waals surface area contributed by atoms with Crippen molar-refractivity contribution < 1.29 is 32.3 Å². The molecule has 4 N–H and O–H groups in total. The number of nitrogens with two attached hydrogens (primary N) is 1. The average molecular weight is 465 g/mol. The van der Waals surface area contributed by atoms with Crippen LogP contribution >= 0.6 is 0 Å². The van der Waals surface area contributed by atoms with Gasteiger partial charge in [0.15, 0.2) is 0 Å². The van der Waals surface area contributed by atoms with E-state index in [1.807, 2.05) is 11.0 Å². The zero-order valence-electron chi connectivity index (χ0n) is 17.5. The number of fused-ring (bicyclic) bond motifs is 1. The molecule has 2 aromatic carbocycles. The number of benzene rings is 2. The van der Waals surface area contributed by atoms with Gasteiger partial charge in [0, 0.05) is 31.2 Å². The topological polar surface area (TPSA) is 99.4 Å². The van der Waals surface area contributed by atoms with Crippen LogP contribution < -0.4 is 5.73 Å². The molecule has 1 aromatic heterocycles. The highest BCUT2D eigenvalue weighted by atomic mass is 19.4. The average Bonchev–Trinajstić information content (AvgIpc) is 3.24. The molecule has 1 amide bonds. The number of nitrogens with one attached hydrogen (secondary N) is 1. The number of nitrogens with zero attached hydrogens (tertiary/aromatic N) is 1. The number of carboxylic acids is 1. The molecule has 0 radical (unpaired) electrons. The lowest BCUT2D eigenvalue weighted by Crippen LogP contribution is -2.37. The Morgan fingerprint density at radius 2 is 1.76 bits per heavy atom. The van der Waals surface area contributed by atoms with E-state index in [0.717, 1.165) is 18.4 Å². The summed E-state index contributed by atoms with van der Waals surface area (Å²) in [5.41, 5.74) is 9.12. The number of carbonyl (C=O) groups is 2. The van der Waals surface area contributed by atoms with Crippen molar-refractivity contribution in [3.05, 3.63) is 71.2 Å². The Morgan fingerprint density at radius 1 is 1.12 bits per heavy atom. The summed E-state index contributed by atoms with van der Waals surface area (Å²) < 4.78 is 45.6. The standard InChI is InChI=1S/C21H22FN3O.C2HF3O2/c22-19-6-2-5-17-18(13-24-20(17)19)21(26)25-9-7-15(8-10-25)16-4-1-3-14(11-16)12-23;3-2(4,5)1(6)7/h1-6,11,13,15,24H,7-10,12,23H2;(H,6,7). The zero-order chi connectivity index (χ0) is 24.2. The largest absolute Gasteiger partial charge is 0.490 e. The number of carbonyl (C=O) groups excluding carboxylic acids is 1. The molecular formula is C23H23F4N3O3. The molecule has 1 saturated heterocycles. The number of hydrogen-bond donors (Lipinski definition) is 3. The van der Waals surface area contributed by atoms with Crippen LogP contribution in [0.1, 0.15) is 40.2 Å². The van der Waals surface area contributed by atoms with E-state index in [-0.39, 0.29) is 11.7 Å². The lowest BCUT2D eigenvalue weighted by atomic mass is 9.88. The van der Waals surface area contributed by atoms with E-state index in [4.69, 9.17) is 15.6 Å². The number of aromatic amines is 1. The molecule has 0 aliphatic carbocycles. The number of aliphatic carboxylic acids is 1. The molecule has 6 nitrogen and oxygen atoms in total. The Kier molecular flexibility index (Phi) is 7.37. The first-order valence-electron chi connectivity index (χ1n) is 10.3. The van der Waals surface area contributed by atoms with Crippen molar-refractivity contribution in [2.45, 2.75) is 31.5 Å². The van der Waals surface area contributed by atoms with Gasteiger partial charge in [-0.2, -0.15) is 13.2 Å². The minimum absolute atomic E-state index is 0.0315. The summed E-state index contributed by atoms with van der Waals surface area (Å²) in [4.78, 5) is 26.6. The van der Waals surface area contributed by atoms with Crippen molar-refractivity contribution in [1.82, 2.24) is 9.88 Å². The number of likely N-dealkylation sites (tertiary alicyclic amines) is 1. The number of amides is 1. The Bertz CT molecular complexity index is 1140. The van der Waals surface area contributed by atoms with Gasteiger partial charge in [-0.05, 0) is 36.0 Å². The molecule has 1 aliphatic heterocycles. The first kappa shape index (κ1) is 24.2. The van der Waals surface area contributed by atoms with Crippen LogP contribution in [-0.4, -0.2) is 46.1 Å². The molecule has 0 bridgehead atoms. The molecule has 10 heteroatoms. The molecule has 0 saturated carbocycles. The molecule has 0 atom stereocenters. The lowest BCUT2D eigenvalue weighted by molar-refractivity contribution is -0.192. The van der Waals surface area contributed by atoms with Gasteiger partial charge in [-0.25, -0.2) is 9.18 Å². The fourth-order valence-electron chi connectivity index (χ4n) is 3.85. The summed E-state index contributed by atoms with van der Waals surface area (Å²) in [7, 11) is 0. The lowest BCUT2D eigenvalue weighted by Gasteiger charge is -2.32. The molecule has 1 fully saturated rings. The predicted molar refractivity (Wildman–Crippen MR) is 114 cm³/mol. The molecular weight excluding hydrogens is 442 g/mol. The molecule has 0 spiro atoms. The number of H-pyrrole nitrogens is 1. The minimum atomic E-state index is -5.08. The highest BCUT2D eigenvalue weighted by Gasteiger charge is 2.38. The fourth-order valence-corrected chi connectivity index (χ4v) is 3.85. The molecule has 0 unspecified atom stereocenters. The number of rotatable bonds is 3. The number of carboxylic acid groups (broad SMARTS) is 1. The summed E-state index contributed by atoms with van der Waals surface area (Å²) >= 11 is 0. The third-order valence-corrected chi connectivity index (χ3v) is 5.58. The van der Waals surface area contributed by atoms with Gasteiger partial charge in [0.25, 0.3) is 5.91 Å². The van der Waals surface area contributed by atoms with Crippen LogP contribution in [0, 0.1) is 5.82 Å². The molecule has 176 valence electrons. The number of hydrogen-bond acceptors (Lipinski definition) is 3. The van der Waals surface area contributed by atoms with Crippen LogP contribution in [0.4, 0.5) is 17.6 Å². The number of piperidine rings is 1. The van der Waals surface area contributed by atoms with Gasteiger partial charge in [-0.3, -0.25) is 4.79 Å². The molecule has 1 aliphatic rings. The summed E-state index contributed by atoms with van der Waals surface area (Å²) in [5, 5.41) is 7.77. The highest BCUT2D eigenvalue weighted by Crippen LogP contribution is 2.30. The number of alkyl halides is 3. The van der Waals surface area contributed by atoms with Crippen LogP contribution in [0.25, 0.3) is 10.9 Å². The first-order valence-corrected chi connectivity index (χ1v) is 10.3. The number of para-hydroxylation sites is 1. The van der Waals surface area contributed by atoms with Crippen LogP contribution in [0.2, 0.25) is 0 Å². The van der Waals surface area contributed by atoms with Crippen LogP contribution in [0.3, 0.4) is 0 Å². The number of aromatic nitrogens is 1. The maximum Gasteiger partial charge on any atom is 0.490 e. The second-order valence-electron chi connectivity index (χ2n) is 7.68. The maximum absolute atomic E-state index is 13.8. The third kappa shape index (κ3) is 5.70. The van der Waals surface area contributed by atoms with Gasteiger partial charge in [-0.1, -0.05) is 36.4 Å². The second kappa shape index (κ2) is 10.0. The smallest absolute Gasteiger partial charge is 0.475 e. The van der Waals surface area contributed by atoms with Gasteiger partial charge in [0.05, 0.1) is 11.1 Å². The monoisotopic (exact) mass is 465 g/mol. The molecule has 4 rings (SSSR count). The van der Waals surface area contributed by atoms with Crippen LogP contribution in [-0.2, 0) is 11.3 Å². The van der Waals surface area contributed by atoms with E-state index in [0.29, 0.717) is 42.0 Å². The van der Waals surface area contributed by atoms with Gasteiger partial charge in [0.2, 0.25) is 0 Å². The van der Waals surface area contributed by atoms with Gasteiger partial charge in [-0.15, -0.1) is 0 Å². The van der Waals surface area contributed by atoms with Crippen molar-refractivity contribution in [2.24, 2.45) is 5.73 Å². The van der Waals surface area contributed by atoms with Gasteiger partial charge < -0.3 is 20.7 Å². The number of halogens is 4. The molecule has 3 aromatic rings. The quantitative estimate of drug-likeness (QED) is 0.499. The first-order chi connectivity index (χ1) is 15.6. The van der Waals surface area contributed by atoms with Crippen molar-refractivity contribution in [3.8, 4) is 0 Å². The summed E-state index contributed by atoms with van der Waals surface area (Å²) in [6.07, 6.45) is -1.61. The van der Waals surface area contributed by atoms with Crippen molar-refractivity contribution in [3.63, 3.8) is 0 Å². The third-order valence-electron chi connectivity index (χ3n) is 5.58. The van der Waals surface area contributed by atoms with Crippen molar-refractivity contribution in [2.75, 3.05) is 13.1 Å². The van der Waals surface area contributed by atoms with E-state index < -0.39 is 12.1 Å². The van der Waals surface area contributed by atoms with E-state index in [9.17, 15) is 22.4 Å². The minimum Gasteiger partial charge on any atom is -0.475 e. The van der Waals surface area contributed by atoms with Gasteiger partial charge in [0.1, 0.15) is 5.82 Å². The summed E-state index contributed by atoms with van der Waals surface area (Å²) in [6, 6.07) is 13.2. The summed E-state index contributed by atoms with van der Waals surface area (Å²) in [6.45, 7) is 1.96. The van der Waals surface area contributed by atoms with E-state index in [1.165, 1.54) is 11.6 Å².